The number of hydrogen-bond donors (Lipinski definition) is 1. The Balaban J connectivity index is 1.78. The molecule has 1 aromatic rings. The average Bonchev–Trinajstić information content (AvgIpc) is 2.96. The van der Waals surface area contributed by atoms with Crippen molar-refractivity contribution in [2.45, 2.75) is 43.9 Å². The normalized spacial score (nSPS) is 28.2. The van der Waals surface area contributed by atoms with Crippen molar-refractivity contribution in [2.24, 2.45) is 5.92 Å². The van der Waals surface area contributed by atoms with Crippen LogP contribution in [0.3, 0.4) is 0 Å². The zero-order chi connectivity index (χ0) is 11.8. The molecule has 1 N–H and O–H groups in total. The number of nitrogens with zero attached hydrogens (tertiary/aromatic N) is 2. The van der Waals surface area contributed by atoms with E-state index in [0.29, 0.717) is 12.3 Å². The number of carbonyl (C=O) groups is 1. The van der Waals surface area contributed by atoms with Gasteiger partial charge in [0.15, 0.2) is 0 Å². The first-order chi connectivity index (χ1) is 8.25. The number of aliphatic carboxylic acids is 1. The Hall–Kier alpha value is -1.45. The van der Waals surface area contributed by atoms with E-state index in [1.807, 2.05) is 6.07 Å². The van der Waals surface area contributed by atoms with Crippen LogP contribution >= 0.6 is 0 Å². The minimum atomic E-state index is -0.718. The Bertz CT molecular complexity index is 441. The zero-order valence-corrected chi connectivity index (χ0v) is 9.67. The fraction of sp³-hybridized carbons (Fsp3) is 0.615. The Labute approximate surface area is 100 Å². The van der Waals surface area contributed by atoms with Gasteiger partial charge in [-0.3, -0.25) is 4.79 Å². The molecule has 3 rings (SSSR count). The summed E-state index contributed by atoms with van der Waals surface area (Å²) < 4.78 is 0. The molecule has 0 amide bonds. The molecule has 0 bridgehead atoms. The van der Waals surface area contributed by atoms with Gasteiger partial charge in [-0.25, -0.2) is 9.97 Å². The van der Waals surface area contributed by atoms with E-state index < -0.39 is 5.97 Å². The lowest BCUT2D eigenvalue weighted by Crippen LogP contribution is -2.04. The summed E-state index contributed by atoms with van der Waals surface area (Å²) in [6.45, 7) is 0. The highest BCUT2D eigenvalue weighted by Gasteiger charge is 2.46. The second-order valence-corrected chi connectivity index (χ2v) is 5.11. The van der Waals surface area contributed by atoms with Crippen LogP contribution in [0, 0.1) is 5.92 Å². The van der Waals surface area contributed by atoms with E-state index in [9.17, 15) is 4.79 Å². The number of aromatic nitrogens is 2. The van der Waals surface area contributed by atoms with Crippen LogP contribution in [-0.4, -0.2) is 21.0 Å². The first-order valence-electron chi connectivity index (χ1n) is 6.31. The predicted octanol–water partition coefficient (Wildman–Crippen LogP) is 2.32. The van der Waals surface area contributed by atoms with E-state index in [4.69, 9.17) is 5.11 Å². The van der Waals surface area contributed by atoms with Crippen molar-refractivity contribution in [3.05, 3.63) is 23.8 Å². The molecular weight excluding hydrogens is 216 g/mol. The summed E-state index contributed by atoms with van der Waals surface area (Å²) in [4.78, 5) is 19.6. The van der Waals surface area contributed by atoms with E-state index in [1.165, 1.54) is 25.7 Å². The Morgan fingerprint density at radius 1 is 1.35 bits per heavy atom. The fourth-order valence-corrected chi connectivity index (χ4v) is 2.77. The highest BCUT2D eigenvalue weighted by atomic mass is 16.4. The second kappa shape index (κ2) is 4.09. The van der Waals surface area contributed by atoms with Crippen LogP contribution in [0.25, 0.3) is 0 Å². The molecule has 4 nitrogen and oxygen atoms in total. The largest absolute Gasteiger partial charge is 0.481 e. The van der Waals surface area contributed by atoms with Crippen LogP contribution in [0.1, 0.15) is 55.5 Å². The summed E-state index contributed by atoms with van der Waals surface area (Å²) in [5.41, 5.74) is 1.11. The molecule has 2 saturated carbocycles. The van der Waals surface area contributed by atoms with Crippen molar-refractivity contribution in [1.29, 1.82) is 0 Å². The van der Waals surface area contributed by atoms with Gasteiger partial charge in [0.2, 0.25) is 0 Å². The van der Waals surface area contributed by atoms with E-state index in [2.05, 4.69) is 9.97 Å². The van der Waals surface area contributed by atoms with Gasteiger partial charge in [0, 0.05) is 23.7 Å². The molecule has 17 heavy (non-hydrogen) atoms. The van der Waals surface area contributed by atoms with Gasteiger partial charge in [0.05, 0.1) is 5.92 Å². The van der Waals surface area contributed by atoms with Crippen molar-refractivity contribution in [2.75, 3.05) is 0 Å². The SMILES string of the molecule is O=C(O)C1CC1c1nccc(C2CCCC2)n1. The van der Waals surface area contributed by atoms with Crippen LogP contribution in [0.4, 0.5) is 0 Å². The monoisotopic (exact) mass is 232 g/mol. The zero-order valence-electron chi connectivity index (χ0n) is 9.67. The lowest BCUT2D eigenvalue weighted by molar-refractivity contribution is -0.138. The van der Waals surface area contributed by atoms with Gasteiger partial charge in [0.25, 0.3) is 0 Å². The maximum Gasteiger partial charge on any atom is 0.307 e. The van der Waals surface area contributed by atoms with Gasteiger partial charge in [-0.1, -0.05) is 12.8 Å². The summed E-state index contributed by atoms with van der Waals surface area (Å²) in [5, 5.41) is 8.91. The number of carboxylic acids is 1. The van der Waals surface area contributed by atoms with Crippen molar-refractivity contribution in [3.8, 4) is 0 Å². The lowest BCUT2D eigenvalue weighted by Gasteiger charge is -2.09. The molecule has 2 fully saturated rings. The summed E-state index contributed by atoms with van der Waals surface area (Å²) in [6, 6.07) is 1.98. The topological polar surface area (TPSA) is 63.1 Å². The maximum absolute atomic E-state index is 10.8. The van der Waals surface area contributed by atoms with Crippen molar-refractivity contribution >= 4 is 5.97 Å². The van der Waals surface area contributed by atoms with Crippen LogP contribution in [-0.2, 0) is 4.79 Å². The smallest absolute Gasteiger partial charge is 0.307 e. The third-order valence-electron chi connectivity index (χ3n) is 3.91. The molecule has 2 atom stereocenters. The molecule has 2 aliphatic rings. The Kier molecular flexibility index (Phi) is 2.57. The van der Waals surface area contributed by atoms with Crippen molar-refractivity contribution < 1.29 is 9.90 Å². The van der Waals surface area contributed by atoms with E-state index in [1.54, 1.807) is 6.20 Å². The summed E-state index contributed by atoms with van der Waals surface area (Å²) >= 11 is 0. The molecule has 1 aromatic heterocycles. The number of rotatable bonds is 3. The lowest BCUT2D eigenvalue weighted by atomic mass is 10.0. The molecule has 0 radical (unpaired) electrons. The standard InChI is InChI=1S/C13H16N2O2/c16-13(17)10-7-9(10)12-14-6-5-11(15-12)8-3-1-2-4-8/h5-6,8-10H,1-4,7H2,(H,16,17). The highest BCUT2D eigenvalue weighted by Crippen LogP contribution is 2.46. The molecule has 1 heterocycles. The third-order valence-corrected chi connectivity index (χ3v) is 3.91. The van der Waals surface area contributed by atoms with E-state index >= 15 is 0 Å². The molecule has 0 spiro atoms. The fourth-order valence-electron chi connectivity index (χ4n) is 2.77. The van der Waals surface area contributed by atoms with Gasteiger partial charge in [-0.2, -0.15) is 0 Å². The number of carboxylic acid groups (broad SMARTS) is 1. The molecule has 2 unspecified atom stereocenters. The molecule has 2 aliphatic carbocycles. The minimum absolute atomic E-state index is 0.0499. The van der Waals surface area contributed by atoms with Crippen LogP contribution < -0.4 is 0 Å². The average molecular weight is 232 g/mol. The van der Waals surface area contributed by atoms with Crippen LogP contribution in [0.5, 0.6) is 0 Å². The van der Waals surface area contributed by atoms with E-state index in [-0.39, 0.29) is 11.8 Å². The first-order valence-corrected chi connectivity index (χ1v) is 6.31. The van der Waals surface area contributed by atoms with Gasteiger partial charge < -0.3 is 5.11 Å². The Morgan fingerprint density at radius 3 is 2.76 bits per heavy atom. The van der Waals surface area contributed by atoms with Gasteiger partial charge >= 0.3 is 5.97 Å². The highest BCUT2D eigenvalue weighted by molar-refractivity contribution is 5.74. The minimum Gasteiger partial charge on any atom is -0.481 e. The van der Waals surface area contributed by atoms with Crippen molar-refractivity contribution in [3.63, 3.8) is 0 Å². The van der Waals surface area contributed by atoms with Gasteiger partial charge in [-0.05, 0) is 25.3 Å². The van der Waals surface area contributed by atoms with Gasteiger partial charge in [-0.15, -0.1) is 0 Å². The number of hydrogen-bond acceptors (Lipinski definition) is 3. The quantitative estimate of drug-likeness (QED) is 0.868. The predicted molar refractivity (Wildman–Crippen MR) is 61.7 cm³/mol. The molecule has 0 aromatic carbocycles. The van der Waals surface area contributed by atoms with E-state index in [0.717, 1.165) is 11.5 Å². The molecule has 90 valence electrons. The molecule has 4 heteroatoms. The maximum atomic E-state index is 10.8. The summed E-state index contributed by atoms with van der Waals surface area (Å²) in [5.74, 6) is 0.383. The van der Waals surface area contributed by atoms with Crippen LogP contribution in [0.15, 0.2) is 12.3 Å². The molecule has 0 aliphatic heterocycles. The molecule has 0 saturated heterocycles. The van der Waals surface area contributed by atoms with Crippen molar-refractivity contribution in [1.82, 2.24) is 9.97 Å². The summed E-state index contributed by atoms with van der Waals surface area (Å²) in [6.07, 6.45) is 7.47. The van der Waals surface area contributed by atoms with Crippen LogP contribution in [0.2, 0.25) is 0 Å². The molecular formula is C13H16N2O2. The Morgan fingerprint density at radius 2 is 2.12 bits per heavy atom. The van der Waals surface area contributed by atoms with Gasteiger partial charge in [0.1, 0.15) is 5.82 Å². The summed E-state index contributed by atoms with van der Waals surface area (Å²) in [7, 11) is 0. The first kappa shape index (κ1) is 10.7. The third kappa shape index (κ3) is 2.04. The second-order valence-electron chi connectivity index (χ2n) is 5.11.